The van der Waals surface area contributed by atoms with Gasteiger partial charge in [-0.2, -0.15) is 26.3 Å². The van der Waals surface area contributed by atoms with Gasteiger partial charge in [-0.15, -0.1) is 0 Å². The zero-order valence-corrected chi connectivity index (χ0v) is 17.6. The molecule has 0 bridgehead atoms. The van der Waals surface area contributed by atoms with Crippen LogP contribution in [0.4, 0.5) is 26.3 Å². The van der Waals surface area contributed by atoms with E-state index in [1.165, 1.54) is 30.3 Å². The standard InChI is InChI=1S/C21H11Cl2F6N3O/c22-16-2-1-10(7-17(16)23)15(18(30)33)9-14-3-4-31-19(32-14)11-5-12(20(24,25)26)8-13(6-11)21(27,28)29/h1-9H,(H2,30,33)/b15-9+. The van der Waals surface area contributed by atoms with E-state index in [-0.39, 0.29) is 32.9 Å². The fourth-order valence-corrected chi connectivity index (χ4v) is 3.08. The summed E-state index contributed by atoms with van der Waals surface area (Å²) in [5.41, 5.74) is 2.09. The van der Waals surface area contributed by atoms with Crippen molar-refractivity contribution in [2.24, 2.45) is 5.73 Å². The van der Waals surface area contributed by atoms with Crippen molar-refractivity contribution in [2.45, 2.75) is 12.4 Å². The fourth-order valence-electron chi connectivity index (χ4n) is 2.78. The number of hydrogen-bond donors (Lipinski definition) is 1. The van der Waals surface area contributed by atoms with Crippen LogP contribution in [0.2, 0.25) is 10.0 Å². The summed E-state index contributed by atoms with van der Waals surface area (Å²) >= 11 is 11.8. The average molecular weight is 506 g/mol. The Hall–Kier alpha value is -3.11. The SMILES string of the molecule is NC(=O)/C(=C/c1ccnc(-c2cc(C(F)(F)F)cc(C(F)(F)F)c2)n1)c1ccc(Cl)c(Cl)c1. The lowest BCUT2D eigenvalue weighted by molar-refractivity contribution is -0.143. The quantitative estimate of drug-likeness (QED) is 0.324. The first-order valence-electron chi connectivity index (χ1n) is 8.85. The third kappa shape index (κ3) is 5.82. The molecule has 33 heavy (non-hydrogen) atoms. The Morgan fingerprint density at radius 3 is 2.00 bits per heavy atom. The summed E-state index contributed by atoms with van der Waals surface area (Å²) in [5, 5.41) is 0.354. The molecule has 1 aromatic heterocycles. The van der Waals surface area contributed by atoms with Crippen molar-refractivity contribution in [2.75, 3.05) is 0 Å². The molecule has 2 N–H and O–H groups in total. The van der Waals surface area contributed by atoms with E-state index in [0.29, 0.717) is 12.1 Å². The molecule has 0 aliphatic rings. The topological polar surface area (TPSA) is 68.9 Å². The van der Waals surface area contributed by atoms with E-state index in [9.17, 15) is 31.1 Å². The molecular weight excluding hydrogens is 495 g/mol. The highest BCUT2D eigenvalue weighted by Gasteiger charge is 2.37. The van der Waals surface area contributed by atoms with E-state index in [1.807, 2.05) is 0 Å². The van der Waals surface area contributed by atoms with Gasteiger partial charge in [0.2, 0.25) is 5.91 Å². The van der Waals surface area contributed by atoms with Gasteiger partial charge in [0.1, 0.15) is 0 Å². The number of amides is 1. The van der Waals surface area contributed by atoms with Gasteiger partial charge in [-0.3, -0.25) is 4.79 Å². The summed E-state index contributed by atoms with van der Waals surface area (Å²) in [4.78, 5) is 19.7. The van der Waals surface area contributed by atoms with Crippen LogP contribution in [0.25, 0.3) is 23.0 Å². The largest absolute Gasteiger partial charge is 0.416 e. The lowest BCUT2D eigenvalue weighted by Gasteiger charge is -2.14. The van der Waals surface area contributed by atoms with Crippen molar-refractivity contribution in [3.8, 4) is 11.4 Å². The number of nitrogens with zero attached hydrogens (tertiary/aromatic N) is 2. The lowest BCUT2D eigenvalue weighted by Crippen LogP contribution is -2.13. The molecule has 12 heteroatoms. The number of nitrogens with two attached hydrogens (primary N) is 1. The van der Waals surface area contributed by atoms with Crippen LogP contribution in [0.1, 0.15) is 22.4 Å². The minimum absolute atomic E-state index is 0.00270. The summed E-state index contributed by atoms with van der Waals surface area (Å²) in [7, 11) is 0. The number of alkyl halides is 6. The maximum atomic E-state index is 13.2. The zero-order chi connectivity index (χ0) is 24.6. The third-order valence-corrected chi connectivity index (χ3v) is 5.05. The molecule has 172 valence electrons. The van der Waals surface area contributed by atoms with Crippen LogP contribution in [0.15, 0.2) is 48.7 Å². The molecule has 1 amide bonds. The second-order valence-corrected chi connectivity index (χ2v) is 7.47. The summed E-state index contributed by atoms with van der Waals surface area (Å²) < 4.78 is 78.9. The molecule has 0 fully saturated rings. The minimum Gasteiger partial charge on any atom is -0.366 e. The fraction of sp³-hybridized carbons (Fsp3) is 0.0952. The van der Waals surface area contributed by atoms with Crippen molar-refractivity contribution >= 4 is 40.8 Å². The number of aromatic nitrogens is 2. The molecule has 0 spiro atoms. The first kappa shape index (κ1) is 24.5. The van der Waals surface area contributed by atoms with Crippen LogP contribution in [0, 0.1) is 0 Å². The number of halogens is 8. The highest BCUT2D eigenvalue weighted by atomic mass is 35.5. The third-order valence-electron chi connectivity index (χ3n) is 4.31. The predicted molar refractivity (Wildman–Crippen MR) is 111 cm³/mol. The number of rotatable bonds is 4. The van der Waals surface area contributed by atoms with Crippen molar-refractivity contribution in [3.63, 3.8) is 0 Å². The summed E-state index contributed by atoms with van der Waals surface area (Å²) in [6.07, 6.45) is -7.73. The Kier molecular flexibility index (Phi) is 6.71. The summed E-state index contributed by atoms with van der Waals surface area (Å²) in [6, 6.07) is 6.55. The second kappa shape index (κ2) is 9.03. The molecule has 0 unspecified atom stereocenters. The van der Waals surface area contributed by atoms with Gasteiger partial charge in [0, 0.05) is 17.3 Å². The Balaban J connectivity index is 2.13. The first-order chi connectivity index (χ1) is 15.3. The number of benzene rings is 2. The van der Waals surface area contributed by atoms with Crippen LogP contribution in [-0.2, 0) is 17.1 Å². The van der Waals surface area contributed by atoms with Gasteiger partial charge < -0.3 is 5.73 Å². The van der Waals surface area contributed by atoms with Crippen LogP contribution in [0.3, 0.4) is 0 Å². The van der Waals surface area contributed by atoms with Crippen molar-refractivity contribution in [1.82, 2.24) is 9.97 Å². The predicted octanol–water partition coefficient (Wildman–Crippen LogP) is 6.51. The van der Waals surface area contributed by atoms with Gasteiger partial charge in [-0.05, 0) is 48.0 Å². The zero-order valence-electron chi connectivity index (χ0n) is 16.1. The monoisotopic (exact) mass is 505 g/mol. The van der Waals surface area contributed by atoms with Gasteiger partial charge in [0.05, 0.1) is 26.9 Å². The van der Waals surface area contributed by atoms with Gasteiger partial charge in [-0.1, -0.05) is 29.3 Å². The van der Waals surface area contributed by atoms with E-state index in [2.05, 4.69) is 9.97 Å². The van der Waals surface area contributed by atoms with Crippen molar-refractivity contribution in [3.05, 3.63) is 81.1 Å². The molecule has 0 aliphatic heterocycles. The Bertz CT molecular complexity index is 1220. The highest BCUT2D eigenvalue weighted by molar-refractivity contribution is 6.42. The maximum absolute atomic E-state index is 13.2. The molecule has 3 aromatic rings. The van der Waals surface area contributed by atoms with Crippen molar-refractivity contribution < 1.29 is 31.1 Å². The van der Waals surface area contributed by atoms with Crippen molar-refractivity contribution in [1.29, 1.82) is 0 Å². The van der Waals surface area contributed by atoms with Gasteiger partial charge >= 0.3 is 12.4 Å². The summed E-state index contributed by atoms with van der Waals surface area (Å²) in [5.74, 6) is -1.30. The number of carbonyl (C=O) groups excluding carboxylic acids is 1. The lowest BCUT2D eigenvalue weighted by atomic mass is 10.0. The minimum atomic E-state index is -5.03. The molecule has 3 rings (SSSR count). The Morgan fingerprint density at radius 1 is 0.879 bits per heavy atom. The van der Waals surface area contributed by atoms with E-state index in [1.54, 1.807) is 0 Å². The van der Waals surface area contributed by atoms with E-state index < -0.39 is 40.8 Å². The normalized spacial score (nSPS) is 12.7. The molecule has 0 aliphatic carbocycles. The number of primary amides is 1. The molecule has 4 nitrogen and oxygen atoms in total. The maximum Gasteiger partial charge on any atom is 0.416 e. The Labute approximate surface area is 192 Å². The van der Waals surface area contributed by atoms with Crippen LogP contribution in [-0.4, -0.2) is 15.9 Å². The molecule has 1 heterocycles. The molecule has 2 aromatic carbocycles. The number of hydrogen-bond acceptors (Lipinski definition) is 3. The second-order valence-electron chi connectivity index (χ2n) is 6.65. The van der Waals surface area contributed by atoms with Gasteiger partial charge in [0.25, 0.3) is 0 Å². The molecule has 0 saturated carbocycles. The first-order valence-corrected chi connectivity index (χ1v) is 9.61. The Morgan fingerprint density at radius 2 is 1.48 bits per heavy atom. The molecule has 0 radical (unpaired) electrons. The van der Waals surface area contributed by atoms with E-state index >= 15 is 0 Å². The number of carbonyl (C=O) groups is 1. The van der Waals surface area contributed by atoms with Crippen LogP contribution < -0.4 is 5.73 Å². The average Bonchev–Trinajstić information content (AvgIpc) is 2.72. The molecule has 0 atom stereocenters. The smallest absolute Gasteiger partial charge is 0.366 e. The van der Waals surface area contributed by atoms with Crippen LogP contribution >= 0.6 is 23.2 Å². The van der Waals surface area contributed by atoms with E-state index in [4.69, 9.17) is 28.9 Å². The summed E-state index contributed by atoms with van der Waals surface area (Å²) in [6.45, 7) is 0. The highest BCUT2D eigenvalue weighted by Crippen LogP contribution is 2.38. The van der Waals surface area contributed by atoms with E-state index in [0.717, 1.165) is 6.20 Å². The van der Waals surface area contributed by atoms with Crippen LogP contribution in [0.5, 0.6) is 0 Å². The van der Waals surface area contributed by atoms with Gasteiger partial charge in [0.15, 0.2) is 5.82 Å². The van der Waals surface area contributed by atoms with Gasteiger partial charge in [-0.25, -0.2) is 9.97 Å². The molecular formula is C21H11Cl2F6N3O. The molecule has 0 saturated heterocycles.